The molecule has 1 amide bonds. The summed E-state index contributed by atoms with van der Waals surface area (Å²) in [4.78, 5) is 26.8. The molecule has 0 spiro atoms. The van der Waals surface area contributed by atoms with Crippen LogP contribution in [0.1, 0.15) is 33.5 Å². The maximum atomic E-state index is 12.7. The summed E-state index contributed by atoms with van der Waals surface area (Å²) >= 11 is 18.5. The fraction of sp³-hybridized carbons (Fsp3) is 0.214. The number of amides is 1. The summed E-state index contributed by atoms with van der Waals surface area (Å²) in [5, 5.41) is 13.3. The smallest absolute Gasteiger partial charge is 0.326 e. The number of aliphatic carboxylic acids is 1. The third kappa shape index (κ3) is 6.48. The Morgan fingerprint density at radius 1 is 0.917 bits per heavy atom. The van der Waals surface area contributed by atoms with E-state index in [0.717, 1.165) is 47.8 Å². The first kappa shape index (κ1) is 26.2. The first-order chi connectivity index (χ1) is 17.3. The minimum absolute atomic E-state index is 0.0650. The monoisotopic (exact) mass is 542 g/mol. The Morgan fingerprint density at radius 2 is 1.58 bits per heavy atom. The highest BCUT2D eigenvalue weighted by atomic mass is 35.5. The molecule has 0 radical (unpaired) electrons. The highest BCUT2D eigenvalue weighted by Crippen LogP contribution is 2.26. The summed E-state index contributed by atoms with van der Waals surface area (Å²) in [6.45, 7) is 2.57. The fourth-order valence-corrected chi connectivity index (χ4v) is 4.98. The van der Waals surface area contributed by atoms with Gasteiger partial charge in [0.05, 0.1) is 15.6 Å². The van der Waals surface area contributed by atoms with Gasteiger partial charge < -0.3 is 10.4 Å². The molecule has 3 aromatic rings. The van der Waals surface area contributed by atoms with E-state index in [9.17, 15) is 14.7 Å². The Bertz CT molecular complexity index is 1270. The van der Waals surface area contributed by atoms with Crippen molar-refractivity contribution in [3.63, 3.8) is 0 Å². The van der Waals surface area contributed by atoms with Crippen molar-refractivity contribution in [3.05, 3.63) is 110 Å². The number of rotatable bonds is 8. The summed E-state index contributed by atoms with van der Waals surface area (Å²) in [5.74, 6) is -1.76. The van der Waals surface area contributed by atoms with Crippen LogP contribution in [0.3, 0.4) is 0 Å². The summed E-state index contributed by atoms with van der Waals surface area (Å²) in [5.41, 5.74) is 4.35. The lowest BCUT2D eigenvalue weighted by Crippen LogP contribution is -2.42. The van der Waals surface area contributed by atoms with Crippen molar-refractivity contribution in [2.75, 3.05) is 13.1 Å². The summed E-state index contributed by atoms with van der Waals surface area (Å²) in [6, 6.07) is 19.3. The lowest BCUT2D eigenvalue weighted by Gasteiger charge is -2.27. The van der Waals surface area contributed by atoms with Crippen molar-refractivity contribution >= 4 is 52.3 Å². The fourth-order valence-electron chi connectivity index (χ4n) is 4.22. The molecular weight excluding hydrogens is 519 g/mol. The zero-order valence-corrected chi connectivity index (χ0v) is 21.7. The Morgan fingerprint density at radius 3 is 2.19 bits per heavy atom. The number of carbonyl (C=O) groups excluding carboxylic acids is 1. The molecule has 8 heteroatoms. The van der Waals surface area contributed by atoms with Gasteiger partial charge >= 0.3 is 5.97 Å². The lowest BCUT2D eigenvalue weighted by atomic mass is 9.96. The van der Waals surface area contributed by atoms with Gasteiger partial charge in [-0.25, -0.2) is 4.79 Å². The van der Waals surface area contributed by atoms with Crippen molar-refractivity contribution < 1.29 is 14.7 Å². The van der Waals surface area contributed by atoms with Gasteiger partial charge in [0.1, 0.15) is 6.04 Å². The van der Waals surface area contributed by atoms with Crippen molar-refractivity contribution in [1.29, 1.82) is 0 Å². The van der Waals surface area contributed by atoms with E-state index in [-0.39, 0.29) is 22.0 Å². The summed E-state index contributed by atoms with van der Waals surface area (Å²) in [6.07, 6.45) is 3.27. The largest absolute Gasteiger partial charge is 0.480 e. The molecule has 0 fully saturated rings. The van der Waals surface area contributed by atoms with Crippen LogP contribution in [0.25, 0.3) is 5.57 Å². The van der Waals surface area contributed by atoms with E-state index < -0.39 is 17.9 Å². The molecule has 0 bridgehead atoms. The Balaban J connectivity index is 1.38. The molecule has 186 valence electrons. The van der Waals surface area contributed by atoms with E-state index in [0.29, 0.717) is 0 Å². The predicted octanol–water partition coefficient (Wildman–Crippen LogP) is 6.36. The molecule has 1 aliphatic rings. The Labute approximate surface area is 225 Å². The molecule has 5 nitrogen and oxygen atoms in total. The number of nitrogens with one attached hydrogen (secondary N) is 1. The molecule has 0 unspecified atom stereocenters. The van der Waals surface area contributed by atoms with Gasteiger partial charge in [0, 0.05) is 31.1 Å². The summed E-state index contributed by atoms with van der Waals surface area (Å²) in [7, 11) is 0. The number of benzene rings is 3. The van der Waals surface area contributed by atoms with Crippen LogP contribution in [0.4, 0.5) is 0 Å². The zero-order chi connectivity index (χ0) is 25.7. The van der Waals surface area contributed by atoms with Crippen LogP contribution in [0, 0.1) is 0 Å². The molecule has 4 rings (SSSR count). The van der Waals surface area contributed by atoms with Gasteiger partial charge in [0.2, 0.25) is 0 Å². The van der Waals surface area contributed by atoms with Gasteiger partial charge in [-0.15, -0.1) is 0 Å². The van der Waals surface area contributed by atoms with E-state index in [2.05, 4.69) is 22.4 Å². The normalized spacial score (nSPS) is 14.7. The quantitative estimate of drug-likeness (QED) is 0.347. The minimum atomic E-state index is -1.13. The maximum absolute atomic E-state index is 12.7. The van der Waals surface area contributed by atoms with Crippen molar-refractivity contribution in [1.82, 2.24) is 10.2 Å². The molecule has 1 aliphatic heterocycles. The predicted molar refractivity (Wildman–Crippen MR) is 145 cm³/mol. The van der Waals surface area contributed by atoms with E-state index in [1.807, 2.05) is 42.5 Å². The Kier molecular flexibility index (Phi) is 8.70. The maximum Gasteiger partial charge on any atom is 0.326 e. The van der Waals surface area contributed by atoms with Gasteiger partial charge in [-0.2, -0.15) is 0 Å². The van der Waals surface area contributed by atoms with Crippen molar-refractivity contribution in [3.8, 4) is 0 Å². The standard InChI is InChI=1S/C28H25Cl3N2O3/c29-22-5-2-1-4-21(22)17-33-14-12-20(13-15-33)19-10-8-18(9-11-19)16-25(28(35)36)32-27(34)26-23(30)6-3-7-24(26)31/h1-12,25H,13-17H2,(H,32,34)(H,35,36)/t25-/m0/s1. The van der Waals surface area contributed by atoms with Gasteiger partial charge in [-0.05, 0) is 46.9 Å². The van der Waals surface area contributed by atoms with Crippen LogP contribution in [0.2, 0.25) is 15.1 Å². The molecule has 0 saturated carbocycles. The van der Waals surface area contributed by atoms with Gasteiger partial charge in [-0.1, -0.05) is 89.4 Å². The average molecular weight is 544 g/mol. The molecule has 2 N–H and O–H groups in total. The van der Waals surface area contributed by atoms with Crippen molar-refractivity contribution in [2.45, 2.75) is 25.4 Å². The lowest BCUT2D eigenvalue weighted by molar-refractivity contribution is -0.139. The molecule has 0 aliphatic carbocycles. The number of hydrogen-bond acceptors (Lipinski definition) is 3. The van der Waals surface area contributed by atoms with Crippen LogP contribution in [-0.4, -0.2) is 41.0 Å². The van der Waals surface area contributed by atoms with Crippen LogP contribution in [0.5, 0.6) is 0 Å². The molecule has 0 saturated heterocycles. The van der Waals surface area contributed by atoms with E-state index >= 15 is 0 Å². The average Bonchev–Trinajstić information content (AvgIpc) is 2.86. The second-order valence-electron chi connectivity index (χ2n) is 8.67. The molecule has 1 heterocycles. The van der Waals surface area contributed by atoms with E-state index in [1.165, 1.54) is 17.7 Å². The molecule has 0 aromatic heterocycles. The highest BCUT2D eigenvalue weighted by molar-refractivity contribution is 6.39. The minimum Gasteiger partial charge on any atom is -0.480 e. The first-order valence-corrected chi connectivity index (χ1v) is 12.7. The molecular formula is C28H25Cl3N2O3. The SMILES string of the molecule is O=C(N[C@@H](Cc1ccc(C2=CCN(Cc3ccccc3Cl)CC2)cc1)C(=O)O)c1c(Cl)cccc1Cl. The molecule has 36 heavy (non-hydrogen) atoms. The van der Waals surface area contributed by atoms with Gasteiger partial charge in [-0.3, -0.25) is 9.69 Å². The van der Waals surface area contributed by atoms with Crippen LogP contribution < -0.4 is 5.32 Å². The Hall–Kier alpha value is -2.83. The summed E-state index contributed by atoms with van der Waals surface area (Å²) < 4.78 is 0. The van der Waals surface area contributed by atoms with E-state index in [4.69, 9.17) is 34.8 Å². The molecule has 3 aromatic carbocycles. The third-order valence-corrected chi connectivity index (χ3v) is 7.20. The second-order valence-corrected chi connectivity index (χ2v) is 9.89. The van der Waals surface area contributed by atoms with Crippen LogP contribution >= 0.6 is 34.8 Å². The number of nitrogens with zero attached hydrogens (tertiary/aromatic N) is 1. The second kappa shape index (κ2) is 11.9. The third-order valence-electron chi connectivity index (χ3n) is 6.20. The topological polar surface area (TPSA) is 69.6 Å². The number of carboxylic acids is 1. The van der Waals surface area contributed by atoms with Gasteiger partial charge in [0.25, 0.3) is 5.91 Å². The van der Waals surface area contributed by atoms with Crippen LogP contribution in [0.15, 0.2) is 72.8 Å². The molecule has 1 atom stereocenters. The van der Waals surface area contributed by atoms with Crippen LogP contribution in [-0.2, 0) is 17.8 Å². The zero-order valence-electron chi connectivity index (χ0n) is 19.4. The van der Waals surface area contributed by atoms with Gasteiger partial charge in [0.15, 0.2) is 0 Å². The van der Waals surface area contributed by atoms with Crippen molar-refractivity contribution in [2.24, 2.45) is 0 Å². The number of hydrogen-bond donors (Lipinski definition) is 2. The number of halogens is 3. The number of carboxylic acid groups (broad SMARTS) is 1. The van der Waals surface area contributed by atoms with E-state index in [1.54, 1.807) is 6.07 Å². The highest BCUT2D eigenvalue weighted by Gasteiger charge is 2.24. The first-order valence-electron chi connectivity index (χ1n) is 11.5. The number of carbonyl (C=O) groups is 2.